The zero-order chi connectivity index (χ0) is 16.8. The molecule has 0 fully saturated rings. The van der Waals surface area contributed by atoms with Crippen molar-refractivity contribution in [3.8, 4) is 11.5 Å². The Bertz CT molecular complexity index is 701. The summed E-state index contributed by atoms with van der Waals surface area (Å²) >= 11 is 6.07. The van der Waals surface area contributed by atoms with Gasteiger partial charge in [0, 0.05) is 16.3 Å². The zero-order valence-corrected chi connectivity index (χ0v) is 14.2. The Labute approximate surface area is 141 Å². The number of ether oxygens (including phenoxy) is 2. The zero-order valence-electron chi connectivity index (χ0n) is 13.5. The third-order valence-corrected chi connectivity index (χ3v) is 3.72. The smallest absolute Gasteiger partial charge is 0.255 e. The average Bonchev–Trinajstić information content (AvgIpc) is 2.56. The van der Waals surface area contributed by atoms with Crippen LogP contribution >= 0.6 is 11.6 Å². The molecule has 1 amide bonds. The van der Waals surface area contributed by atoms with Gasteiger partial charge in [0.15, 0.2) is 11.5 Å². The maximum Gasteiger partial charge on any atom is 0.255 e. The molecule has 4 nitrogen and oxygen atoms in total. The standard InChI is InChI=1S/C18H20ClNO3/c1-4-9-23-16-8-6-13(10-17(16)22-3)18(21)20-14-7-5-12(2)15(19)11-14/h5-8,10-11H,4,9H2,1-3H3,(H,20,21). The first kappa shape index (κ1) is 17.2. The van der Waals surface area contributed by atoms with Gasteiger partial charge < -0.3 is 14.8 Å². The quantitative estimate of drug-likeness (QED) is 0.833. The van der Waals surface area contributed by atoms with Gasteiger partial charge >= 0.3 is 0 Å². The van der Waals surface area contributed by atoms with Gasteiger partial charge in [0.25, 0.3) is 5.91 Å². The molecular weight excluding hydrogens is 314 g/mol. The van der Waals surface area contributed by atoms with Crippen LogP contribution in [0.15, 0.2) is 36.4 Å². The first-order chi connectivity index (χ1) is 11.0. The number of aryl methyl sites for hydroxylation is 1. The van der Waals surface area contributed by atoms with E-state index < -0.39 is 0 Å². The van der Waals surface area contributed by atoms with Crippen LogP contribution in [0.2, 0.25) is 5.02 Å². The Morgan fingerprint density at radius 1 is 1.17 bits per heavy atom. The van der Waals surface area contributed by atoms with E-state index in [-0.39, 0.29) is 5.91 Å². The minimum atomic E-state index is -0.231. The van der Waals surface area contributed by atoms with E-state index in [9.17, 15) is 4.79 Å². The van der Waals surface area contributed by atoms with Crippen molar-refractivity contribution in [1.82, 2.24) is 0 Å². The van der Waals surface area contributed by atoms with Gasteiger partial charge in [-0.1, -0.05) is 24.6 Å². The maximum absolute atomic E-state index is 12.4. The van der Waals surface area contributed by atoms with Crippen molar-refractivity contribution in [2.24, 2.45) is 0 Å². The summed E-state index contributed by atoms with van der Waals surface area (Å²) < 4.78 is 10.9. The predicted molar refractivity (Wildman–Crippen MR) is 92.9 cm³/mol. The number of halogens is 1. The van der Waals surface area contributed by atoms with Crippen LogP contribution in [-0.4, -0.2) is 19.6 Å². The van der Waals surface area contributed by atoms with E-state index in [1.54, 1.807) is 31.4 Å². The monoisotopic (exact) mass is 333 g/mol. The topological polar surface area (TPSA) is 47.6 Å². The third kappa shape index (κ3) is 4.39. The van der Waals surface area contributed by atoms with Crippen molar-refractivity contribution in [2.45, 2.75) is 20.3 Å². The minimum Gasteiger partial charge on any atom is -0.493 e. The van der Waals surface area contributed by atoms with Crippen LogP contribution in [0.4, 0.5) is 5.69 Å². The van der Waals surface area contributed by atoms with Crippen molar-refractivity contribution in [3.63, 3.8) is 0 Å². The number of hydrogen-bond acceptors (Lipinski definition) is 3. The maximum atomic E-state index is 12.4. The molecule has 0 saturated carbocycles. The fourth-order valence-corrected chi connectivity index (χ4v) is 2.19. The summed E-state index contributed by atoms with van der Waals surface area (Å²) in [5.74, 6) is 0.933. The number of methoxy groups -OCH3 is 1. The number of anilines is 1. The number of carbonyl (C=O) groups is 1. The molecule has 0 saturated heterocycles. The average molecular weight is 334 g/mol. The molecule has 0 aromatic heterocycles. The summed E-state index contributed by atoms with van der Waals surface area (Å²) in [5, 5.41) is 3.43. The number of benzene rings is 2. The molecule has 23 heavy (non-hydrogen) atoms. The van der Waals surface area contributed by atoms with E-state index in [4.69, 9.17) is 21.1 Å². The van der Waals surface area contributed by atoms with E-state index in [0.717, 1.165) is 12.0 Å². The van der Waals surface area contributed by atoms with Gasteiger partial charge in [-0.25, -0.2) is 0 Å². The number of carbonyl (C=O) groups excluding carboxylic acids is 1. The Balaban J connectivity index is 2.16. The van der Waals surface area contributed by atoms with Crippen molar-refractivity contribution in [3.05, 3.63) is 52.5 Å². The van der Waals surface area contributed by atoms with E-state index >= 15 is 0 Å². The molecule has 5 heteroatoms. The van der Waals surface area contributed by atoms with Gasteiger partial charge in [0.2, 0.25) is 0 Å². The highest BCUT2D eigenvalue weighted by Crippen LogP contribution is 2.29. The van der Waals surface area contributed by atoms with Gasteiger partial charge in [0.05, 0.1) is 13.7 Å². The number of nitrogens with one attached hydrogen (secondary N) is 1. The van der Waals surface area contributed by atoms with Crippen LogP contribution in [0.3, 0.4) is 0 Å². The normalized spacial score (nSPS) is 10.3. The molecule has 0 atom stereocenters. The predicted octanol–water partition coefficient (Wildman–Crippen LogP) is 4.70. The molecule has 2 rings (SSSR count). The number of hydrogen-bond donors (Lipinski definition) is 1. The highest BCUT2D eigenvalue weighted by Gasteiger charge is 2.12. The van der Waals surface area contributed by atoms with E-state index in [1.807, 2.05) is 26.0 Å². The first-order valence-electron chi connectivity index (χ1n) is 7.43. The molecule has 0 radical (unpaired) electrons. The lowest BCUT2D eigenvalue weighted by Crippen LogP contribution is -2.12. The van der Waals surface area contributed by atoms with Gasteiger partial charge in [0.1, 0.15) is 0 Å². The number of amides is 1. The SMILES string of the molecule is CCCOc1ccc(C(=O)Nc2ccc(C)c(Cl)c2)cc1OC. The van der Waals surface area contributed by atoms with Crippen molar-refractivity contribution >= 4 is 23.2 Å². The Kier molecular flexibility index (Phi) is 5.88. The van der Waals surface area contributed by atoms with E-state index in [1.165, 1.54) is 0 Å². The molecule has 0 aliphatic heterocycles. The van der Waals surface area contributed by atoms with Gasteiger partial charge in [-0.2, -0.15) is 0 Å². The van der Waals surface area contributed by atoms with E-state index in [0.29, 0.717) is 34.4 Å². The van der Waals surface area contributed by atoms with Gasteiger partial charge in [-0.05, 0) is 49.2 Å². The van der Waals surface area contributed by atoms with Crippen LogP contribution in [0.1, 0.15) is 29.3 Å². The van der Waals surface area contributed by atoms with Crippen LogP contribution in [0.5, 0.6) is 11.5 Å². The lowest BCUT2D eigenvalue weighted by Gasteiger charge is -2.12. The third-order valence-electron chi connectivity index (χ3n) is 3.32. The number of rotatable bonds is 6. The Morgan fingerprint density at radius 2 is 1.96 bits per heavy atom. The summed E-state index contributed by atoms with van der Waals surface area (Å²) in [6.07, 6.45) is 0.902. The molecular formula is C18H20ClNO3. The summed E-state index contributed by atoms with van der Waals surface area (Å²) in [7, 11) is 1.55. The first-order valence-corrected chi connectivity index (χ1v) is 7.81. The molecule has 2 aromatic rings. The fraction of sp³-hybridized carbons (Fsp3) is 0.278. The molecule has 0 bridgehead atoms. The van der Waals surface area contributed by atoms with Gasteiger partial charge in [-0.15, -0.1) is 0 Å². The highest BCUT2D eigenvalue weighted by molar-refractivity contribution is 6.31. The molecule has 0 spiro atoms. The molecule has 0 unspecified atom stereocenters. The molecule has 0 heterocycles. The Morgan fingerprint density at radius 3 is 2.61 bits per heavy atom. The summed E-state index contributed by atoms with van der Waals surface area (Å²) in [6, 6.07) is 10.5. The molecule has 0 aliphatic carbocycles. The van der Waals surface area contributed by atoms with Crippen LogP contribution in [0, 0.1) is 6.92 Å². The molecule has 122 valence electrons. The Hall–Kier alpha value is -2.20. The second-order valence-corrected chi connectivity index (χ2v) is 5.54. The lowest BCUT2D eigenvalue weighted by atomic mass is 10.1. The van der Waals surface area contributed by atoms with E-state index in [2.05, 4.69) is 5.32 Å². The van der Waals surface area contributed by atoms with Crippen LogP contribution < -0.4 is 14.8 Å². The summed E-state index contributed by atoms with van der Waals surface area (Å²) in [6.45, 7) is 4.54. The summed E-state index contributed by atoms with van der Waals surface area (Å²) in [4.78, 5) is 12.4. The minimum absolute atomic E-state index is 0.231. The highest BCUT2D eigenvalue weighted by atomic mass is 35.5. The van der Waals surface area contributed by atoms with Crippen molar-refractivity contribution < 1.29 is 14.3 Å². The van der Waals surface area contributed by atoms with Crippen molar-refractivity contribution in [1.29, 1.82) is 0 Å². The van der Waals surface area contributed by atoms with Crippen LogP contribution in [0.25, 0.3) is 0 Å². The summed E-state index contributed by atoms with van der Waals surface area (Å²) in [5.41, 5.74) is 2.10. The lowest BCUT2D eigenvalue weighted by molar-refractivity contribution is 0.102. The largest absolute Gasteiger partial charge is 0.493 e. The molecule has 2 aromatic carbocycles. The van der Waals surface area contributed by atoms with Crippen LogP contribution in [-0.2, 0) is 0 Å². The second-order valence-electron chi connectivity index (χ2n) is 5.13. The van der Waals surface area contributed by atoms with Crippen molar-refractivity contribution in [2.75, 3.05) is 19.0 Å². The second kappa shape index (κ2) is 7.88. The van der Waals surface area contributed by atoms with Gasteiger partial charge in [-0.3, -0.25) is 4.79 Å². The molecule has 0 aliphatic rings. The molecule has 1 N–H and O–H groups in total. The fourth-order valence-electron chi connectivity index (χ4n) is 2.01.